The summed E-state index contributed by atoms with van der Waals surface area (Å²) >= 11 is 0. The van der Waals surface area contributed by atoms with Crippen LogP contribution in [0.2, 0.25) is 0 Å². The lowest BCUT2D eigenvalue weighted by atomic mass is 10.1. The Hall–Kier alpha value is -2.08. The third-order valence-corrected chi connectivity index (χ3v) is 4.40. The number of aryl methyl sites for hydroxylation is 2. The van der Waals surface area contributed by atoms with Crippen LogP contribution in [0.4, 0.5) is 10.1 Å². The third-order valence-electron chi connectivity index (χ3n) is 3.16. The van der Waals surface area contributed by atoms with Gasteiger partial charge < -0.3 is 4.74 Å². The van der Waals surface area contributed by atoms with Gasteiger partial charge in [-0.1, -0.05) is 18.2 Å². The molecule has 6 heteroatoms. The van der Waals surface area contributed by atoms with Crippen LogP contribution in [0.25, 0.3) is 0 Å². The Morgan fingerprint density at radius 2 is 1.77 bits per heavy atom. The van der Waals surface area contributed by atoms with Crippen LogP contribution in [-0.2, 0) is 15.8 Å². The molecule has 0 radical (unpaired) electrons. The lowest BCUT2D eigenvalue weighted by Crippen LogP contribution is -2.16. The van der Waals surface area contributed by atoms with Gasteiger partial charge in [-0.25, -0.2) is 12.8 Å². The van der Waals surface area contributed by atoms with Crippen LogP contribution in [0.15, 0.2) is 36.4 Å². The summed E-state index contributed by atoms with van der Waals surface area (Å²) in [6.07, 6.45) is 0. The molecule has 0 saturated heterocycles. The molecular weight excluding hydrogens is 305 g/mol. The molecular formula is C16H18FNO3S. The molecule has 2 rings (SSSR count). The zero-order chi connectivity index (χ0) is 16.3. The minimum absolute atomic E-state index is 0.233. The summed E-state index contributed by atoms with van der Waals surface area (Å²) < 4.78 is 45.2. The van der Waals surface area contributed by atoms with Gasteiger partial charge in [-0.15, -0.1) is 0 Å². The molecule has 0 aliphatic rings. The number of anilines is 1. The van der Waals surface area contributed by atoms with Crippen molar-refractivity contribution in [1.29, 1.82) is 0 Å². The maximum Gasteiger partial charge on any atom is 0.237 e. The minimum atomic E-state index is -3.62. The van der Waals surface area contributed by atoms with Gasteiger partial charge in [0.25, 0.3) is 0 Å². The van der Waals surface area contributed by atoms with E-state index in [2.05, 4.69) is 4.72 Å². The van der Waals surface area contributed by atoms with Gasteiger partial charge >= 0.3 is 0 Å². The van der Waals surface area contributed by atoms with Crippen LogP contribution < -0.4 is 9.46 Å². The first-order valence-electron chi connectivity index (χ1n) is 6.71. The maximum absolute atomic E-state index is 12.9. The number of hydrogen-bond donors (Lipinski definition) is 1. The van der Waals surface area contributed by atoms with Crippen molar-refractivity contribution in [3.8, 4) is 5.75 Å². The van der Waals surface area contributed by atoms with Gasteiger partial charge in [-0.2, -0.15) is 0 Å². The lowest BCUT2D eigenvalue weighted by Gasteiger charge is -2.15. The second kappa shape index (κ2) is 6.36. The van der Waals surface area contributed by atoms with E-state index in [9.17, 15) is 12.8 Å². The quantitative estimate of drug-likeness (QED) is 0.917. The fraction of sp³-hybridized carbons (Fsp3) is 0.250. The van der Waals surface area contributed by atoms with Crippen molar-refractivity contribution in [3.63, 3.8) is 0 Å². The molecule has 22 heavy (non-hydrogen) atoms. The molecule has 0 amide bonds. The molecule has 4 nitrogen and oxygen atoms in total. The molecule has 2 aromatic carbocycles. The fourth-order valence-electron chi connectivity index (χ4n) is 2.30. The minimum Gasteiger partial charge on any atom is -0.494 e. The van der Waals surface area contributed by atoms with Gasteiger partial charge in [0.1, 0.15) is 11.6 Å². The van der Waals surface area contributed by atoms with Crippen LogP contribution in [0.3, 0.4) is 0 Å². The fourth-order valence-corrected chi connectivity index (χ4v) is 3.49. The van der Waals surface area contributed by atoms with Gasteiger partial charge in [0.15, 0.2) is 0 Å². The van der Waals surface area contributed by atoms with Gasteiger partial charge in [-0.05, 0) is 48.7 Å². The van der Waals surface area contributed by atoms with Crippen molar-refractivity contribution < 1.29 is 17.5 Å². The Morgan fingerprint density at radius 3 is 2.36 bits per heavy atom. The van der Waals surface area contributed by atoms with Gasteiger partial charge in [0.05, 0.1) is 18.6 Å². The van der Waals surface area contributed by atoms with Crippen molar-refractivity contribution in [3.05, 3.63) is 58.9 Å². The van der Waals surface area contributed by atoms with Crippen LogP contribution in [0.1, 0.15) is 16.7 Å². The molecule has 0 aliphatic carbocycles. The number of ether oxygens (including phenoxy) is 1. The Balaban J connectivity index is 2.27. The summed E-state index contributed by atoms with van der Waals surface area (Å²) in [5.41, 5.74) is 2.69. The average Bonchev–Trinajstić information content (AvgIpc) is 2.40. The highest BCUT2D eigenvalue weighted by atomic mass is 32.2. The van der Waals surface area contributed by atoms with E-state index >= 15 is 0 Å². The third kappa shape index (κ3) is 3.98. The van der Waals surface area contributed by atoms with Crippen LogP contribution in [0.5, 0.6) is 5.75 Å². The normalized spacial score (nSPS) is 11.3. The molecule has 0 heterocycles. The number of nitrogens with one attached hydrogen (secondary N) is 1. The standard InChI is InChI=1S/C16H18FNO3S/c1-11-8-12(2)16(21-3)15(9-11)18-22(19,20)10-13-4-6-14(17)7-5-13/h4-9,18H,10H2,1-3H3. The van der Waals surface area contributed by atoms with Crippen molar-refractivity contribution in [2.24, 2.45) is 0 Å². The van der Waals surface area contributed by atoms with Gasteiger partial charge in [0.2, 0.25) is 10.0 Å². The molecule has 0 unspecified atom stereocenters. The monoisotopic (exact) mass is 323 g/mol. The molecule has 0 bridgehead atoms. The number of sulfonamides is 1. The molecule has 0 fully saturated rings. The average molecular weight is 323 g/mol. The molecule has 0 atom stereocenters. The van der Waals surface area contributed by atoms with Crippen molar-refractivity contribution in [2.75, 3.05) is 11.8 Å². The molecule has 2 aromatic rings. The highest BCUT2D eigenvalue weighted by Gasteiger charge is 2.16. The molecule has 1 N–H and O–H groups in total. The number of halogens is 1. The molecule has 0 aromatic heterocycles. The Morgan fingerprint density at radius 1 is 1.14 bits per heavy atom. The van der Waals surface area contributed by atoms with E-state index in [0.29, 0.717) is 17.0 Å². The predicted octanol–water partition coefficient (Wildman–Crippen LogP) is 3.39. The smallest absolute Gasteiger partial charge is 0.237 e. The Bertz CT molecular complexity index is 771. The van der Waals surface area contributed by atoms with Crippen LogP contribution in [0, 0.1) is 19.7 Å². The highest BCUT2D eigenvalue weighted by molar-refractivity contribution is 7.91. The van der Waals surface area contributed by atoms with E-state index in [1.807, 2.05) is 19.9 Å². The second-order valence-corrected chi connectivity index (χ2v) is 6.87. The zero-order valence-corrected chi connectivity index (χ0v) is 13.5. The summed E-state index contributed by atoms with van der Waals surface area (Å²) in [4.78, 5) is 0. The van der Waals surface area contributed by atoms with Crippen molar-refractivity contribution >= 4 is 15.7 Å². The zero-order valence-electron chi connectivity index (χ0n) is 12.7. The number of hydrogen-bond acceptors (Lipinski definition) is 3. The van der Waals surface area contributed by atoms with E-state index in [4.69, 9.17) is 4.74 Å². The summed E-state index contributed by atoms with van der Waals surface area (Å²) in [7, 11) is -2.12. The molecule has 0 spiro atoms. The molecule has 118 valence electrons. The van der Waals surface area contributed by atoms with Gasteiger partial charge in [0, 0.05) is 0 Å². The second-order valence-electron chi connectivity index (χ2n) is 5.15. The number of rotatable bonds is 5. The number of benzene rings is 2. The first-order chi connectivity index (χ1) is 10.3. The molecule has 0 aliphatic heterocycles. The van der Waals surface area contributed by atoms with Crippen LogP contribution in [-0.4, -0.2) is 15.5 Å². The topological polar surface area (TPSA) is 55.4 Å². The summed E-state index contributed by atoms with van der Waals surface area (Å²) in [6, 6.07) is 9.01. The lowest BCUT2D eigenvalue weighted by molar-refractivity contribution is 0.413. The first kappa shape index (κ1) is 16.3. The summed E-state index contributed by atoms with van der Waals surface area (Å²) in [5.74, 6) is -0.137. The van der Waals surface area contributed by atoms with E-state index in [1.54, 1.807) is 6.07 Å². The van der Waals surface area contributed by atoms with Crippen LogP contribution >= 0.6 is 0 Å². The highest BCUT2D eigenvalue weighted by Crippen LogP contribution is 2.31. The molecule has 0 saturated carbocycles. The summed E-state index contributed by atoms with van der Waals surface area (Å²) in [5, 5.41) is 0. The van der Waals surface area contributed by atoms with Crippen molar-refractivity contribution in [2.45, 2.75) is 19.6 Å². The Kier molecular flexibility index (Phi) is 4.71. The maximum atomic E-state index is 12.9. The van der Waals surface area contributed by atoms with Crippen molar-refractivity contribution in [1.82, 2.24) is 0 Å². The Labute approximate surface area is 130 Å². The SMILES string of the molecule is COc1c(C)cc(C)cc1NS(=O)(=O)Cc1ccc(F)cc1. The van der Waals surface area contributed by atoms with E-state index in [1.165, 1.54) is 31.4 Å². The summed E-state index contributed by atoms with van der Waals surface area (Å²) in [6.45, 7) is 3.73. The van der Waals surface area contributed by atoms with Gasteiger partial charge in [-0.3, -0.25) is 4.72 Å². The number of methoxy groups -OCH3 is 1. The first-order valence-corrected chi connectivity index (χ1v) is 8.36. The van der Waals surface area contributed by atoms with E-state index in [-0.39, 0.29) is 5.75 Å². The largest absolute Gasteiger partial charge is 0.494 e. The van der Waals surface area contributed by atoms with E-state index in [0.717, 1.165) is 11.1 Å². The predicted molar refractivity (Wildman–Crippen MR) is 85.1 cm³/mol. The van der Waals surface area contributed by atoms with E-state index < -0.39 is 15.8 Å².